The van der Waals surface area contributed by atoms with E-state index in [4.69, 9.17) is 5.73 Å². The first-order chi connectivity index (χ1) is 8.91. The van der Waals surface area contributed by atoms with Crippen molar-refractivity contribution in [1.29, 1.82) is 0 Å². The molecule has 1 rings (SSSR count). The van der Waals surface area contributed by atoms with Crippen LogP contribution in [0.25, 0.3) is 0 Å². The third kappa shape index (κ3) is 4.02. The Hall–Kier alpha value is -1.44. The molecule has 7 heteroatoms. The zero-order valence-corrected chi connectivity index (χ0v) is 11.9. The maximum atomic E-state index is 12.2. The molecule has 0 aliphatic rings. The van der Waals surface area contributed by atoms with Gasteiger partial charge >= 0.3 is 0 Å². The first-order valence-electron chi connectivity index (χ1n) is 5.93. The van der Waals surface area contributed by atoms with Crippen LogP contribution in [0.2, 0.25) is 0 Å². The Morgan fingerprint density at radius 3 is 2.37 bits per heavy atom. The number of carbonyl (C=O) groups is 1. The molecule has 0 spiro atoms. The van der Waals surface area contributed by atoms with Crippen LogP contribution in [0.3, 0.4) is 0 Å². The van der Waals surface area contributed by atoms with Gasteiger partial charge in [-0.1, -0.05) is 12.1 Å². The van der Waals surface area contributed by atoms with Gasteiger partial charge in [0.15, 0.2) is 0 Å². The van der Waals surface area contributed by atoms with E-state index < -0.39 is 10.0 Å². The number of nitrogens with zero attached hydrogens (tertiary/aromatic N) is 1. The molecular formula is C12H19N3O3S. The molecule has 0 aliphatic heterocycles. The van der Waals surface area contributed by atoms with Gasteiger partial charge in [0.25, 0.3) is 0 Å². The molecule has 0 bridgehead atoms. The second-order valence-electron chi connectivity index (χ2n) is 4.06. The Balaban J connectivity index is 2.86. The highest BCUT2D eigenvalue weighted by atomic mass is 32.2. The molecule has 106 valence electrons. The third-order valence-electron chi connectivity index (χ3n) is 2.61. The summed E-state index contributed by atoms with van der Waals surface area (Å²) in [4.78, 5) is 11.5. The quantitative estimate of drug-likeness (QED) is 0.763. The maximum Gasteiger partial charge on any atom is 0.243 e. The van der Waals surface area contributed by atoms with E-state index in [-0.39, 0.29) is 17.3 Å². The van der Waals surface area contributed by atoms with Gasteiger partial charge in [-0.2, -0.15) is 4.31 Å². The number of carbonyl (C=O) groups excluding carboxylic acids is 1. The van der Waals surface area contributed by atoms with Crippen LogP contribution in [0, 0.1) is 0 Å². The lowest BCUT2D eigenvalue weighted by Crippen LogP contribution is -2.38. The van der Waals surface area contributed by atoms with Crippen molar-refractivity contribution in [3.8, 4) is 0 Å². The van der Waals surface area contributed by atoms with Crippen LogP contribution in [-0.2, 0) is 21.4 Å². The van der Waals surface area contributed by atoms with Gasteiger partial charge in [-0.25, -0.2) is 8.42 Å². The van der Waals surface area contributed by atoms with Crippen LogP contribution < -0.4 is 11.1 Å². The zero-order valence-electron chi connectivity index (χ0n) is 11.1. The van der Waals surface area contributed by atoms with Crippen molar-refractivity contribution < 1.29 is 13.2 Å². The van der Waals surface area contributed by atoms with E-state index in [1.54, 1.807) is 19.1 Å². The Morgan fingerprint density at radius 1 is 1.32 bits per heavy atom. The fraction of sp³-hybridized carbons (Fsp3) is 0.417. The van der Waals surface area contributed by atoms with Crippen LogP contribution in [-0.4, -0.2) is 38.8 Å². The molecule has 6 nitrogen and oxygen atoms in total. The summed E-state index contributed by atoms with van der Waals surface area (Å²) in [6.07, 6.45) is 0. The lowest BCUT2D eigenvalue weighted by Gasteiger charge is -2.16. The Labute approximate surface area is 113 Å². The minimum atomic E-state index is -3.65. The number of rotatable bonds is 6. The SMILES string of the molecule is CCNC(=O)CN(C)S(=O)(=O)c1ccc(CN)cc1. The van der Waals surface area contributed by atoms with Crippen molar-refractivity contribution in [1.82, 2.24) is 9.62 Å². The highest BCUT2D eigenvalue weighted by Crippen LogP contribution is 2.14. The molecule has 0 radical (unpaired) electrons. The van der Waals surface area contributed by atoms with E-state index in [9.17, 15) is 13.2 Å². The largest absolute Gasteiger partial charge is 0.355 e. The summed E-state index contributed by atoms with van der Waals surface area (Å²) in [6, 6.07) is 6.30. The van der Waals surface area contributed by atoms with Crippen LogP contribution in [0.15, 0.2) is 29.2 Å². The number of likely N-dealkylation sites (N-methyl/N-ethyl adjacent to an activating group) is 2. The number of sulfonamides is 1. The molecular weight excluding hydrogens is 266 g/mol. The normalized spacial score (nSPS) is 11.6. The Bertz CT molecular complexity index is 526. The van der Waals surface area contributed by atoms with Crippen molar-refractivity contribution in [3.63, 3.8) is 0 Å². The molecule has 1 aromatic carbocycles. The Kier molecular flexibility index (Phi) is 5.46. The molecule has 0 aliphatic carbocycles. The van der Waals surface area contributed by atoms with Gasteiger partial charge in [-0.05, 0) is 24.6 Å². The first kappa shape index (κ1) is 15.6. The zero-order chi connectivity index (χ0) is 14.5. The lowest BCUT2D eigenvalue weighted by atomic mass is 10.2. The van der Waals surface area contributed by atoms with Crippen molar-refractivity contribution in [2.24, 2.45) is 5.73 Å². The molecule has 0 saturated heterocycles. The fourth-order valence-corrected chi connectivity index (χ4v) is 2.64. The Morgan fingerprint density at radius 2 is 1.89 bits per heavy atom. The van der Waals surface area contributed by atoms with E-state index in [2.05, 4.69) is 5.32 Å². The monoisotopic (exact) mass is 285 g/mol. The average molecular weight is 285 g/mol. The van der Waals surface area contributed by atoms with Crippen molar-refractivity contribution in [3.05, 3.63) is 29.8 Å². The standard InChI is InChI=1S/C12H19N3O3S/c1-3-14-12(16)9-15(2)19(17,18)11-6-4-10(8-13)5-7-11/h4-7H,3,8-9,13H2,1-2H3,(H,14,16). The number of hydrogen-bond acceptors (Lipinski definition) is 4. The summed E-state index contributed by atoms with van der Waals surface area (Å²) in [6.45, 7) is 2.40. The highest BCUT2D eigenvalue weighted by Gasteiger charge is 2.22. The summed E-state index contributed by atoms with van der Waals surface area (Å²) in [7, 11) is -2.27. The molecule has 1 amide bonds. The van der Waals surface area contributed by atoms with Gasteiger partial charge in [-0.3, -0.25) is 4.79 Å². The van der Waals surface area contributed by atoms with Crippen molar-refractivity contribution >= 4 is 15.9 Å². The summed E-state index contributed by atoms with van der Waals surface area (Å²) in [5.74, 6) is -0.327. The first-order valence-corrected chi connectivity index (χ1v) is 7.38. The number of nitrogens with one attached hydrogen (secondary N) is 1. The van der Waals surface area contributed by atoms with Crippen molar-refractivity contribution in [2.45, 2.75) is 18.4 Å². The summed E-state index contributed by atoms with van der Waals surface area (Å²) < 4.78 is 25.4. The third-order valence-corrected chi connectivity index (χ3v) is 4.43. The highest BCUT2D eigenvalue weighted by molar-refractivity contribution is 7.89. The van der Waals surface area contributed by atoms with Crippen LogP contribution in [0.4, 0.5) is 0 Å². The second-order valence-corrected chi connectivity index (χ2v) is 6.11. The molecule has 3 N–H and O–H groups in total. The summed E-state index contributed by atoms with van der Waals surface area (Å²) >= 11 is 0. The average Bonchev–Trinajstić information content (AvgIpc) is 2.39. The smallest absolute Gasteiger partial charge is 0.243 e. The van der Waals surface area contributed by atoms with Gasteiger partial charge in [0.2, 0.25) is 15.9 Å². The molecule has 0 unspecified atom stereocenters. The number of nitrogens with two attached hydrogens (primary N) is 1. The second kappa shape index (κ2) is 6.65. The topological polar surface area (TPSA) is 92.5 Å². The molecule has 0 saturated carbocycles. The summed E-state index contributed by atoms with van der Waals surface area (Å²) in [5.41, 5.74) is 6.31. The maximum absolute atomic E-state index is 12.2. The van der Waals surface area contributed by atoms with Crippen LogP contribution in [0.5, 0.6) is 0 Å². The van der Waals surface area contributed by atoms with Crippen molar-refractivity contribution in [2.75, 3.05) is 20.1 Å². The molecule has 0 fully saturated rings. The van der Waals surface area contributed by atoms with Gasteiger partial charge in [0, 0.05) is 20.1 Å². The minimum absolute atomic E-state index is 0.150. The predicted octanol–water partition coefficient (Wildman–Crippen LogP) is -0.0981. The van der Waals surface area contributed by atoms with Gasteiger partial charge < -0.3 is 11.1 Å². The van der Waals surface area contributed by atoms with E-state index in [0.29, 0.717) is 13.1 Å². The van der Waals surface area contributed by atoms with Crippen LogP contribution >= 0.6 is 0 Å². The predicted molar refractivity (Wildman–Crippen MR) is 72.8 cm³/mol. The molecule has 1 aromatic rings. The molecule has 0 aromatic heterocycles. The van der Waals surface area contributed by atoms with Crippen LogP contribution in [0.1, 0.15) is 12.5 Å². The number of benzene rings is 1. The van der Waals surface area contributed by atoms with E-state index in [1.165, 1.54) is 19.2 Å². The molecule has 0 heterocycles. The van der Waals surface area contributed by atoms with Gasteiger partial charge in [0.05, 0.1) is 11.4 Å². The van der Waals surface area contributed by atoms with Gasteiger partial charge in [-0.15, -0.1) is 0 Å². The van der Waals surface area contributed by atoms with E-state index in [1.807, 2.05) is 0 Å². The fourth-order valence-electron chi connectivity index (χ4n) is 1.52. The number of hydrogen-bond donors (Lipinski definition) is 2. The van der Waals surface area contributed by atoms with E-state index in [0.717, 1.165) is 9.87 Å². The lowest BCUT2D eigenvalue weighted by molar-refractivity contribution is -0.121. The molecule has 0 atom stereocenters. The molecule has 19 heavy (non-hydrogen) atoms. The number of amides is 1. The minimum Gasteiger partial charge on any atom is -0.355 e. The van der Waals surface area contributed by atoms with Gasteiger partial charge in [0.1, 0.15) is 0 Å². The van der Waals surface area contributed by atoms with E-state index >= 15 is 0 Å². The summed E-state index contributed by atoms with van der Waals surface area (Å²) in [5, 5.41) is 2.56.